The third kappa shape index (κ3) is 2.48. The molecule has 0 radical (unpaired) electrons. The van der Waals surface area contributed by atoms with E-state index in [0.29, 0.717) is 6.54 Å². The number of hydrogen-bond acceptors (Lipinski definition) is 4. The molecular formula is C11H12N2OS2. The first-order chi connectivity index (χ1) is 7.66. The van der Waals surface area contributed by atoms with Crippen molar-refractivity contribution in [3.8, 4) is 0 Å². The summed E-state index contributed by atoms with van der Waals surface area (Å²) >= 11 is 3.10. The summed E-state index contributed by atoms with van der Waals surface area (Å²) in [7, 11) is 1.82. The van der Waals surface area contributed by atoms with Gasteiger partial charge in [0.05, 0.1) is 16.4 Å². The van der Waals surface area contributed by atoms with Crippen molar-refractivity contribution in [2.45, 2.75) is 13.5 Å². The lowest BCUT2D eigenvalue weighted by Gasteiger charge is -2.14. The van der Waals surface area contributed by atoms with Crippen molar-refractivity contribution >= 4 is 28.6 Å². The fourth-order valence-electron chi connectivity index (χ4n) is 1.37. The van der Waals surface area contributed by atoms with Crippen LogP contribution in [0, 0.1) is 6.92 Å². The van der Waals surface area contributed by atoms with Crippen LogP contribution >= 0.6 is 22.7 Å². The molecule has 0 aliphatic rings. The topological polar surface area (TPSA) is 33.2 Å². The molecule has 0 N–H and O–H groups in total. The van der Waals surface area contributed by atoms with Gasteiger partial charge in [-0.1, -0.05) is 6.07 Å². The fraction of sp³-hybridized carbons (Fsp3) is 0.273. The van der Waals surface area contributed by atoms with Gasteiger partial charge in [0.1, 0.15) is 0 Å². The number of thiophene rings is 1. The molecular weight excluding hydrogens is 240 g/mol. The third-order valence-corrected chi connectivity index (χ3v) is 3.90. The van der Waals surface area contributed by atoms with Crippen molar-refractivity contribution in [2.24, 2.45) is 0 Å². The number of rotatable bonds is 3. The van der Waals surface area contributed by atoms with Gasteiger partial charge < -0.3 is 4.90 Å². The predicted molar refractivity (Wildman–Crippen MR) is 67.0 cm³/mol. The van der Waals surface area contributed by atoms with Crippen LogP contribution in [-0.2, 0) is 6.54 Å². The van der Waals surface area contributed by atoms with E-state index in [1.807, 2.05) is 37.7 Å². The standard InChI is InChI=1S/C11H12N2OS2/c1-8-12-6-9(16-8)7-13(2)11(14)10-4-3-5-15-10/h3-6H,7H2,1-2H3. The molecule has 0 spiro atoms. The molecule has 3 nitrogen and oxygen atoms in total. The predicted octanol–water partition coefficient (Wildman–Crippen LogP) is 2.79. The lowest BCUT2D eigenvalue weighted by molar-refractivity contribution is 0.0791. The Labute approximate surface area is 102 Å². The summed E-state index contributed by atoms with van der Waals surface area (Å²) in [4.78, 5) is 19.7. The molecule has 1 amide bonds. The summed E-state index contributed by atoms with van der Waals surface area (Å²) in [5, 5.41) is 2.95. The normalized spacial score (nSPS) is 10.4. The van der Waals surface area contributed by atoms with Crippen LogP contribution in [0.2, 0.25) is 0 Å². The first kappa shape index (κ1) is 11.3. The van der Waals surface area contributed by atoms with E-state index in [0.717, 1.165) is 14.8 Å². The Morgan fingerprint density at radius 2 is 2.38 bits per heavy atom. The van der Waals surface area contributed by atoms with Crippen molar-refractivity contribution in [1.29, 1.82) is 0 Å². The maximum absolute atomic E-state index is 11.9. The zero-order valence-corrected chi connectivity index (χ0v) is 10.8. The molecule has 84 valence electrons. The highest BCUT2D eigenvalue weighted by Crippen LogP contribution is 2.16. The second-order valence-corrected chi connectivity index (χ2v) is 5.75. The molecule has 0 aliphatic heterocycles. The van der Waals surface area contributed by atoms with E-state index >= 15 is 0 Å². The van der Waals surface area contributed by atoms with E-state index in [4.69, 9.17) is 0 Å². The van der Waals surface area contributed by atoms with E-state index < -0.39 is 0 Å². The molecule has 0 saturated carbocycles. The van der Waals surface area contributed by atoms with Crippen LogP contribution < -0.4 is 0 Å². The molecule has 5 heteroatoms. The zero-order valence-electron chi connectivity index (χ0n) is 9.14. The zero-order chi connectivity index (χ0) is 11.5. The average Bonchev–Trinajstić information content (AvgIpc) is 2.88. The number of carbonyl (C=O) groups excluding carboxylic acids is 1. The van der Waals surface area contributed by atoms with E-state index in [2.05, 4.69) is 4.98 Å². The highest BCUT2D eigenvalue weighted by atomic mass is 32.1. The summed E-state index contributed by atoms with van der Waals surface area (Å²) < 4.78 is 0. The lowest BCUT2D eigenvalue weighted by atomic mass is 10.4. The van der Waals surface area contributed by atoms with Gasteiger partial charge in [-0.2, -0.15) is 0 Å². The quantitative estimate of drug-likeness (QED) is 0.841. The van der Waals surface area contributed by atoms with Gasteiger partial charge in [0, 0.05) is 18.1 Å². The maximum atomic E-state index is 11.9. The number of aryl methyl sites for hydroxylation is 1. The van der Waals surface area contributed by atoms with E-state index in [9.17, 15) is 4.79 Å². The molecule has 2 aromatic rings. The van der Waals surface area contributed by atoms with Crippen molar-refractivity contribution in [3.63, 3.8) is 0 Å². The number of hydrogen-bond donors (Lipinski definition) is 0. The second kappa shape index (κ2) is 4.76. The fourth-order valence-corrected chi connectivity index (χ4v) is 2.94. The summed E-state index contributed by atoms with van der Waals surface area (Å²) in [5.74, 6) is 0.0704. The number of thiazole rings is 1. The molecule has 0 unspecified atom stereocenters. The van der Waals surface area contributed by atoms with E-state index in [1.54, 1.807) is 16.2 Å². The Hall–Kier alpha value is -1.20. The Morgan fingerprint density at radius 3 is 2.94 bits per heavy atom. The summed E-state index contributed by atoms with van der Waals surface area (Å²) in [6, 6.07) is 3.74. The summed E-state index contributed by atoms with van der Waals surface area (Å²) in [5.41, 5.74) is 0. The molecule has 0 bridgehead atoms. The monoisotopic (exact) mass is 252 g/mol. The number of carbonyl (C=O) groups is 1. The Balaban J connectivity index is 2.03. The molecule has 0 atom stereocenters. The summed E-state index contributed by atoms with van der Waals surface area (Å²) in [6.07, 6.45) is 1.83. The van der Waals surface area contributed by atoms with Crippen LogP contribution in [0.1, 0.15) is 19.6 Å². The molecule has 2 rings (SSSR count). The van der Waals surface area contributed by atoms with Crippen LogP contribution in [-0.4, -0.2) is 22.8 Å². The van der Waals surface area contributed by atoms with Gasteiger partial charge in [0.25, 0.3) is 5.91 Å². The lowest BCUT2D eigenvalue weighted by Crippen LogP contribution is -2.24. The van der Waals surface area contributed by atoms with E-state index in [-0.39, 0.29) is 5.91 Å². The summed E-state index contributed by atoms with van der Waals surface area (Å²) in [6.45, 7) is 2.59. The molecule has 16 heavy (non-hydrogen) atoms. The van der Waals surface area contributed by atoms with Crippen LogP contribution in [0.4, 0.5) is 0 Å². The molecule has 2 heterocycles. The van der Waals surface area contributed by atoms with Crippen LogP contribution in [0.5, 0.6) is 0 Å². The second-order valence-electron chi connectivity index (χ2n) is 3.48. The number of aromatic nitrogens is 1. The minimum Gasteiger partial charge on any atom is -0.336 e. The van der Waals surface area contributed by atoms with Gasteiger partial charge in [0.15, 0.2) is 0 Å². The van der Waals surface area contributed by atoms with Gasteiger partial charge in [-0.25, -0.2) is 4.98 Å². The van der Waals surface area contributed by atoms with Crippen molar-refractivity contribution in [2.75, 3.05) is 7.05 Å². The Kier molecular flexibility index (Phi) is 3.36. The largest absolute Gasteiger partial charge is 0.336 e. The van der Waals surface area contributed by atoms with E-state index in [1.165, 1.54) is 11.3 Å². The molecule has 0 saturated heterocycles. The molecule has 0 aliphatic carbocycles. The van der Waals surface area contributed by atoms with Gasteiger partial charge in [-0.05, 0) is 18.4 Å². The Morgan fingerprint density at radius 1 is 1.56 bits per heavy atom. The maximum Gasteiger partial charge on any atom is 0.263 e. The van der Waals surface area contributed by atoms with Gasteiger partial charge in [-0.3, -0.25) is 4.79 Å². The van der Waals surface area contributed by atoms with Crippen LogP contribution in [0.15, 0.2) is 23.7 Å². The minimum atomic E-state index is 0.0704. The van der Waals surface area contributed by atoms with Crippen LogP contribution in [0.25, 0.3) is 0 Å². The van der Waals surface area contributed by atoms with Crippen molar-refractivity contribution in [3.05, 3.63) is 38.5 Å². The van der Waals surface area contributed by atoms with Gasteiger partial charge in [-0.15, -0.1) is 22.7 Å². The SMILES string of the molecule is Cc1ncc(CN(C)C(=O)c2cccs2)s1. The average molecular weight is 252 g/mol. The highest BCUT2D eigenvalue weighted by Gasteiger charge is 2.13. The van der Waals surface area contributed by atoms with Gasteiger partial charge >= 0.3 is 0 Å². The first-order valence-electron chi connectivity index (χ1n) is 4.87. The molecule has 0 aromatic carbocycles. The highest BCUT2D eigenvalue weighted by molar-refractivity contribution is 7.12. The minimum absolute atomic E-state index is 0.0704. The molecule has 0 fully saturated rings. The molecule has 2 aromatic heterocycles. The van der Waals surface area contributed by atoms with Crippen molar-refractivity contribution < 1.29 is 4.79 Å². The Bertz CT molecular complexity index is 476. The van der Waals surface area contributed by atoms with Gasteiger partial charge in [0.2, 0.25) is 0 Å². The third-order valence-electron chi connectivity index (χ3n) is 2.14. The first-order valence-corrected chi connectivity index (χ1v) is 6.56. The number of amides is 1. The number of nitrogens with zero attached hydrogens (tertiary/aromatic N) is 2. The van der Waals surface area contributed by atoms with Crippen LogP contribution in [0.3, 0.4) is 0 Å². The van der Waals surface area contributed by atoms with Crippen molar-refractivity contribution in [1.82, 2.24) is 9.88 Å². The smallest absolute Gasteiger partial charge is 0.263 e.